The number of carbonyl (C=O) groups excluding carboxylic acids is 1. The Hall–Kier alpha value is -1.88. The molecule has 1 aromatic heterocycles. The standard InChI is InChI=1S/C16H23N3O2/c1-5-18-16(3,15(20)21-4)10-12(2)19-11-17-13-8-6-7-9-14(13)19/h6-9,11-12,18H,5,10H2,1-4H3. The van der Waals surface area contributed by atoms with Gasteiger partial charge in [-0.05, 0) is 38.9 Å². The van der Waals surface area contributed by atoms with Gasteiger partial charge in [-0.15, -0.1) is 0 Å². The van der Waals surface area contributed by atoms with Gasteiger partial charge in [0.1, 0.15) is 5.54 Å². The zero-order chi connectivity index (χ0) is 15.5. The number of imidazole rings is 1. The van der Waals surface area contributed by atoms with E-state index in [1.165, 1.54) is 7.11 Å². The Balaban J connectivity index is 2.26. The minimum absolute atomic E-state index is 0.126. The Morgan fingerprint density at radius 3 is 2.86 bits per heavy atom. The van der Waals surface area contributed by atoms with Gasteiger partial charge >= 0.3 is 5.97 Å². The number of nitrogens with zero attached hydrogens (tertiary/aromatic N) is 2. The zero-order valence-electron chi connectivity index (χ0n) is 13.1. The molecule has 2 unspecified atom stereocenters. The molecule has 0 amide bonds. The molecular weight excluding hydrogens is 266 g/mol. The fraction of sp³-hybridized carbons (Fsp3) is 0.500. The zero-order valence-corrected chi connectivity index (χ0v) is 13.1. The predicted octanol–water partition coefficient (Wildman–Crippen LogP) is 2.53. The van der Waals surface area contributed by atoms with Gasteiger partial charge in [0.2, 0.25) is 0 Å². The number of hydrogen-bond donors (Lipinski definition) is 1. The first-order chi connectivity index (χ1) is 10.0. The van der Waals surface area contributed by atoms with Crippen LogP contribution in [-0.4, -0.2) is 34.7 Å². The van der Waals surface area contributed by atoms with E-state index < -0.39 is 5.54 Å². The highest BCUT2D eigenvalue weighted by Gasteiger charge is 2.35. The van der Waals surface area contributed by atoms with E-state index >= 15 is 0 Å². The van der Waals surface area contributed by atoms with Crippen molar-refractivity contribution in [3.63, 3.8) is 0 Å². The van der Waals surface area contributed by atoms with Crippen LogP contribution in [0.1, 0.15) is 33.2 Å². The second-order valence-corrected chi connectivity index (χ2v) is 5.55. The Morgan fingerprint density at radius 1 is 1.48 bits per heavy atom. The molecule has 2 atom stereocenters. The third-order valence-electron chi connectivity index (χ3n) is 3.86. The number of carbonyl (C=O) groups is 1. The summed E-state index contributed by atoms with van der Waals surface area (Å²) in [5.41, 5.74) is 1.34. The number of likely N-dealkylation sites (N-methyl/N-ethyl adjacent to an activating group) is 1. The molecular formula is C16H23N3O2. The third-order valence-corrected chi connectivity index (χ3v) is 3.86. The Morgan fingerprint density at radius 2 is 2.19 bits per heavy atom. The van der Waals surface area contributed by atoms with Gasteiger partial charge in [0.05, 0.1) is 24.5 Å². The molecule has 0 spiro atoms. The highest BCUT2D eigenvalue weighted by molar-refractivity contribution is 5.80. The maximum atomic E-state index is 12.1. The van der Waals surface area contributed by atoms with E-state index in [0.29, 0.717) is 13.0 Å². The van der Waals surface area contributed by atoms with Gasteiger partial charge in [-0.3, -0.25) is 4.79 Å². The van der Waals surface area contributed by atoms with Gasteiger partial charge < -0.3 is 14.6 Å². The lowest BCUT2D eigenvalue weighted by Crippen LogP contribution is -2.51. The Kier molecular flexibility index (Phi) is 4.63. The van der Waals surface area contributed by atoms with Crippen LogP contribution in [0.4, 0.5) is 0 Å². The van der Waals surface area contributed by atoms with Gasteiger partial charge in [-0.25, -0.2) is 4.98 Å². The quantitative estimate of drug-likeness (QED) is 0.830. The monoisotopic (exact) mass is 289 g/mol. The van der Waals surface area contributed by atoms with Crippen molar-refractivity contribution >= 4 is 17.0 Å². The van der Waals surface area contributed by atoms with Crippen LogP contribution in [0.2, 0.25) is 0 Å². The topological polar surface area (TPSA) is 56.2 Å². The fourth-order valence-corrected chi connectivity index (χ4v) is 2.86. The van der Waals surface area contributed by atoms with Gasteiger partial charge in [0.15, 0.2) is 0 Å². The normalized spacial score (nSPS) is 15.6. The number of benzene rings is 1. The first-order valence-corrected chi connectivity index (χ1v) is 7.27. The summed E-state index contributed by atoms with van der Waals surface area (Å²) >= 11 is 0. The first kappa shape index (κ1) is 15.5. The number of aromatic nitrogens is 2. The summed E-state index contributed by atoms with van der Waals surface area (Å²) in [6, 6.07) is 8.13. The van der Waals surface area contributed by atoms with Crippen LogP contribution < -0.4 is 5.32 Å². The number of para-hydroxylation sites is 2. The Labute approximate surface area is 125 Å². The molecule has 0 radical (unpaired) electrons. The van der Waals surface area contributed by atoms with E-state index in [1.807, 2.05) is 44.4 Å². The van der Waals surface area contributed by atoms with Crippen LogP contribution in [0.5, 0.6) is 0 Å². The molecule has 0 aliphatic rings. The van der Waals surface area contributed by atoms with Crippen molar-refractivity contribution in [2.45, 2.75) is 38.8 Å². The van der Waals surface area contributed by atoms with Crippen LogP contribution in [0, 0.1) is 0 Å². The van der Waals surface area contributed by atoms with Gasteiger partial charge in [-0.1, -0.05) is 19.1 Å². The molecule has 1 heterocycles. The van der Waals surface area contributed by atoms with Crippen molar-refractivity contribution < 1.29 is 9.53 Å². The van der Waals surface area contributed by atoms with Crippen molar-refractivity contribution in [3.05, 3.63) is 30.6 Å². The van der Waals surface area contributed by atoms with E-state index in [0.717, 1.165) is 11.0 Å². The number of ether oxygens (including phenoxy) is 1. The SMILES string of the molecule is CCNC(C)(CC(C)n1cnc2ccccc21)C(=O)OC. The summed E-state index contributed by atoms with van der Waals surface area (Å²) in [4.78, 5) is 16.5. The highest BCUT2D eigenvalue weighted by Crippen LogP contribution is 2.25. The Bertz CT molecular complexity index is 623. The van der Waals surface area contributed by atoms with Gasteiger partial charge in [-0.2, -0.15) is 0 Å². The second-order valence-electron chi connectivity index (χ2n) is 5.55. The second kappa shape index (κ2) is 6.26. The lowest BCUT2D eigenvalue weighted by Gasteiger charge is -2.31. The van der Waals surface area contributed by atoms with E-state index in [1.54, 1.807) is 0 Å². The van der Waals surface area contributed by atoms with Crippen molar-refractivity contribution in [3.8, 4) is 0 Å². The van der Waals surface area contributed by atoms with Crippen LogP contribution in [0.15, 0.2) is 30.6 Å². The summed E-state index contributed by atoms with van der Waals surface area (Å²) in [6.45, 7) is 6.67. The third kappa shape index (κ3) is 3.08. The number of hydrogen-bond acceptors (Lipinski definition) is 4. The van der Waals surface area contributed by atoms with Gasteiger partial charge in [0.25, 0.3) is 0 Å². The molecule has 2 rings (SSSR count). The molecule has 0 saturated heterocycles. The average Bonchev–Trinajstić information content (AvgIpc) is 2.90. The summed E-state index contributed by atoms with van der Waals surface area (Å²) in [6.07, 6.45) is 2.47. The van der Waals surface area contributed by atoms with Crippen molar-refractivity contribution in [2.75, 3.05) is 13.7 Å². The predicted molar refractivity (Wildman–Crippen MR) is 83.2 cm³/mol. The summed E-state index contributed by atoms with van der Waals surface area (Å²) in [5, 5.41) is 3.24. The lowest BCUT2D eigenvalue weighted by atomic mass is 9.93. The number of methoxy groups -OCH3 is 1. The lowest BCUT2D eigenvalue weighted by molar-refractivity contribution is -0.148. The van der Waals surface area contributed by atoms with Crippen LogP contribution >= 0.6 is 0 Å². The largest absolute Gasteiger partial charge is 0.468 e. The molecule has 0 bridgehead atoms. The number of rotatable bonds is 6. The van der Waals surface area contributed by atoms with Crippen molar-refractivity contribution in [2.24, 2.45) is 0 Å². The maximum absolute atomic E-state index is 12.1. The molecule has 2 aromatic rings. The molecule has 0 saturated carbocycles. The summed E-state index contributed by atoms with van der Waals surface area (Å²) < 4.78 is 7.05. The van der Waals surface area contributed by atoms with E-state index in [-0.39, 0.29) is 12.0 Å². The summed E-state index contributed by atoms with van der Waals surface area (Å²) in [5.74, 6) is -0.236. The minimum Gasteiger partial charge on any atom is -0.468 e. The first-order valence-electron chi connectivity index (χ1n) is 7.27. The number of nitrogens with one attached hydrogen (secondary N) is 1. The molecule has 1 N–H and O–H groups in total. The van der Waals surface area contributed by atoms with E-state index in [9.17, 15) is 4.79 Å². The molecule has 0 fully saturated rings. The molecule has 114 valence electrons. The van der Waals surface area contributed by atoms with E-state index in [2.05, 4.69) is 21.8 Å². The average molecular weight is 289 g/mol. The van der Waals surface area contributed by atoms with Crippen LogP contribution in [-0.2, 0) is 9.53 Å². The smallest absolute Gasteiger partial charge is 0.325 e. The molecule has 0 aliphatic heterocycles. The molecule has 5 nitrogen and oxygen atoms in total. The fourth-order valence-electron chi connectivity index (χ4n) is 2.86. The van der Waals surface area contributed by atoms with Crippen molar-refractivity contribution in [1.29, 1.82) is 0 Å². The van der Waals surface area contributed by atoms with Crippen molar-refractivity contribution in [1.82, 2.24) is 14.9 Å². The van der Waals surface area contributed by atoms with Crippen LogP contribution in [0.3, 0.4) is 0 Å². The molecule has 0 aliphatic carbocycles. The number of fused-ring (bicyclic) bond motifs is 1. The van der Waals surface area contributed by atoms with Crippen LogP contribution in [0.25, 0.3) is 11.0 Å². The maximum Gasteiger partial charge on any atom is 0.325 e. The molecule has 5 heteroatoms. The molecule has 21 heavy (non-hydrogen) atoms. The highest BCUT2D eigenvalue weighted by atomic mass is 16.5. The number of esters is 1. The molecule has 1 aromatic carbocycles. The summed E-state index contributed by atoms with van der Waals surface area (Å²) in [7, 11) is 1.43. The van der Waals surface area contributed by atoms with Gasteiger partial charge in [0, 0.05) is 6.04 Å². The minimum atomic E-state index is -0.700. The van der Waals surface area contributed by atoms with E-state index in [4.69, 9.17) is 4.74 Å².